The third-order valence-corrected chi connectivity index (χ3v) is 3.57. The molecule has 1 aliphatic heterocycles. The fourth-order valence-corrected chi connectivity index (χ4v) is 2.40. The minimum Gasteiger partial charge on any atom is -0.464 e. The number of nitrogen functional groups attached to an aromatic ring is 1. The summed E-state index contributed by atoms with van der Waals surface area (Å²) in [6, 6.07) is 0. The topological polar surface area (TPSA) is 79.4 Å². The van der Waals surface area contributed by atoms with E-state index in [0.717, 1.165) is 44.8 Å². The highest BCUT2D eigenvalue weighted by atomic mass is 16.5. The quantitative estimate of drug-likeness (QED) is 0.812. The van der Waals surface area contributed by atoms with Gasteiger partial charge in [0, 0.05) is 26.2 Å². The standard InChI is InChI=1S/C13H21N3O3/c1-3-10-15-11(13(17)18-2)12(14)16(10)6-4-9-5-7-19-8-9/h9H,3-8,14H2,1-2H3. The molecule has 1 saturated heterocycles. The molecule has 1 atom stereocenters. The van der Waals surface area contributed by atoms with Crippen molar-refractivity contribution in [3.8, 4) is 0 Å². The highest BCUT2D eigenvalue weighted by molar-refractivity contribution is 5.92. The molecule has 0 aromatic carbocycles. The SMILES string of the molecule is CCc1nc(C(=O)OC)c(N)n1CCC1CCOC1. The van der Waals surface area contributed by atoms with Crippen LogP contribution in [0.25, 0.3) is 0 Å². The van der Waals surface area contributed by atoms with Crippen molar-refractivity contribution in [2.24, 2.45) is 5.92 Å². The minimum atomic E-state index is -0.477. The highest BCUT2D eigenvalue weighted by Gasteiger charge is 2.22. The molecule has 2 rings (SSSR count). The molecular weight excluding hydrogens is 246 g/mol. The van der Waals surface area contributed by atoms with Crippen LogP contribution >= 0.6 is 0 Å². The van der Waals surface area contributed by atoms with E-state index in [2.05, 4.69) is 4.98 Å². The van der Waals surface area contributed by atoms with Crippen LogP contribution in [-0.4, -0.2) is 35.8 Å². The lowest BCUT2D eigenvalue weighted by atomic mass is 10.1. The van der Waals surface area contributed by atoms with Gasteiger partial charge in [0.1, 0.15) is 11.6 Å². The summed E-state index contributed by atoms with van der Waals surface area (Å²) < 4.78 is 12.0. The first-order valence-electron chi connectivity index (χ1n) is 6.68. The molecule has 0 amide bonds. The largest absolute Gasteiger partial charge is 0.464 e. The van der Waals surface area contributed by atoms with Crippen molar-refractivity contribution in [1.82, 2.24) is 9.55 Å². The smallest absolute Gasteiger partial charge is 0.360 e. The second kappa shape index (κ2) is 6.06. The summed E-state index contributed by atoms with van der Waals surface area (Å²) in [5, 5.41) is 0. The molecule has 2 heterocycles. The van der Waals surface area contributed by atoms with Gasteiger partial charge in [-0.15, -0.1) is 0 Å². The van der Waals surface area contributed by atoms with E-state index in [9.17, 15) is 4.79 Å². The summed E-state index contributed by atoms with van der Waals surface area (Å²) in [7, 11) is 1.34. The Morgan fingerprint density at radius 2 is 2.42 bits per heavy atom. The Labute approximate surface area is 112 Å². The van der Waals surface area contributed by atoms with Crippen molar-refractivity contribution in [2.45, 2.75) is 32.7 Å². The summed E-state index contributed by atoms with van der Waals surface area (Å²) in [6.07, 6.45) is 2.83. The van der Waals surface area contributed by atoms with Crippen LogP contribution in [0.4, 0.5) is 5.82 Å². The predicted octanol–water partition coefficient (Wildman–Crippen LogP) is 1.24. The van der Waals surface area contributed by atoms with E-state index in [4.69, 9.17) is 15.2 Å². The van der Waals surface area contributed by atoms with Crippen molar-refractivity contribution in [1.29, 1.82) is 0 Å². The van der Waals surface area contributed by atoms with Crippen LogP contribution in [0.5, 0.6) is 0 Å². The average Bonchev–Trinajstić information content (AvgIpc) is 3.03. The number of ether oxygens (including phenoxy) is 2. The summed E-state index contributed by atoms with van der Waals surface area (Å²) in [4.78, 5) is 15.9. The maximum atomic E-state index is 11.6. The van der Waals surface area contributed by atoms with E-state index in [1.54, 1.807) is 0 Å². The highest BCUT2D eigenvalue weighted by Crippen LogP contribution is 2.21. The van der Waals surface area contributed by atoms with Gasteiger partial charge in [0.25, 0.3) is 0 Å². The van der Waals surface area contributed by atoms with Gasteiger partial charge in [-0.25, -0.2) is 9.78 Å². The zero-order valence-corrected chi connectivity index (χ0v) is 11.5. The molecule has 6 nitrogen and oxygen atoms in total. The lowest BCUT2D eigenvalue weighted by molar-refractivity contribution is 0.0595. The van der Waals surface area contributed by atoms with Gasteiger partial charge in [0.15, 0.2) is 5.69 Å². The number of esters is 1. The number of anilines is 1. The molecule has 19 heavy (non-hydrogen) atoms. The Hall–Kier alpha value is -1.56. The van der Waals surface area contributed by atoms with Crippen LogP contribution in [0.3, 0.4) is 0 Å². The van der Waals surface area contributed by atoms with Gasteiger partial charge in [0.2, 0.25) is 0 Å². The van der Waals surface area contributed by atoms with Gasteiger partial charge < -0.3 is 19.8 Å². The first-order valence-corrected chi connectivity index (χ1v) is 6.68. The number of carbonyl (C=O) groups is 1. The van der Waals surface area contributed by atoms with Crippen molar-refractivity contribution in [3.63, 3.8) is 0 Å². The van der Waals surface area contributed by atoms with Crippen LogP contribution < -0.4 is 5.73 Å². The zero-order valence-electron chi connectivity index (χ0n) is 11.5. The molecule has 0 aliphatic carbocycles. The summed E-state index contributed by atoms with van der Waals surface area (Å²) in [5.41, 5.74) is 6.23. The number of carbonyl (C=O) groups excluding carboxylic acids is 1. The van der Waals surface area contributed by atoms with Crippen molar-refractivity contribution >= 4 is 11.8 Å². The molecule has 0 saturated carbocycles. The number of hydrogen-bond acceptors (Lipinski definition) is 5. The van der Waals surface area contributed by atoms with E-state index in [-0.39, 0.29) is 5.69 Å². The molecule has 1 unspecified atom stereocenters. The molecule has 0 radical (unpaired) electrons. The van der Waals surface area contributed by atoms with Gasteiger partial charge in [-0.3, -0.25) is 0 Å². The molecule has 106 valence electrons. The van der Waals surface area contributed by atoms with Crippen LogP contribution in [0.1, 0.15) is 36.1 Å². The van der Waals surface area contributed by atoms with Gasteiger partial charge >= 0.3 is 5.97 Å². The third kappa shape index (κ3) is 2.89. The van der Waals surface area contributed by atoms with Crippen LogP contribution in [0.2, 0.25) is 0 Å². The maximum Gasteiger partial charge on any atom is 0.360 e. The Balaban J connectivity index is 2.13. The molecule has 1 fully saturated rings. The molecule has 1 aliphatic rings. The van der Waals surface area contributed by atoms with E-state index in [0.29, 0.717) is 11.7 Å². The molecule has 6 heteroatoms. The van der Waals surface area contributed by atoms with Gasteiger partial charge in [0.05, 0.1) is 7.11 Å². The monoisotopic (exact) mass is 267 g/mol. The maximum absolute atomic E-state index is 11.6. The molecular formula is C13H21N3O3. The number of nitrogens with zero attached hydrogens (tertiary/aromatic N) is 2. The van der Waals surface area contributed by atoms with E-state index < -0.39 is 5.97 Å². The van der Waals surface area contributed by atoms with Crippen LogP contribution in [0, 0.1) is 5.92 Å². The normalized spacial score (nSPS) is 18.7. The van der Waals surface area contributed by atoms with Crippen LogP contribution in [0.15, 0.2) is 0 Å². The Kier molecular flexibility index (Phi) is 4.42. The number of methoxy groups -OCH3 is 1. The molecule has 0 bridgehead atoms. The Morgan fingerprint density at radius 1 is 1.63 bits per heavy atom. The molecule has 1 aromatic rings. The van der Waals surface area contributed by atoms with E-state index in [1.807, 2.05) is 11.5 Å². The molecule has 2 N–H and O–H groups in total. The summed E-state index contributed by atoms with van der Waals surface area (Å²) in [6.45, 7) is 4.43. The third-order valence-electron chi connectivity index (χ3n) is 3.57. The fraction of sp³-hybridized carbons (Fsp3) is 0.692. The Bertz CT molecular complexity index is 450. The first kappa shape index (κ1) is 13.9. The second-order valence-corrected chi connectivity index (χ2v) is 4.78. The van der Waals surface area contributed by atoms with Crippen molar-refractivity contribution < 1.29 is 14.3 Å². The molecule has 0 spiro atoms. The second-order valence-electron chi connectivity index (χ2n) is 4.78. The predicted molar refractivity (Wildman–Crippen MR) is 70.9 cm³/mol. The summed E-state index contributed by atoms with van der Waals surface area (Å²) >= 11 is 0. The van der Waals surface area contributed by atoms with Crippen molar-refractivity contribution in [3.05, 3.63) is 11.5 Å². The molecule has 1 aromatic heterocycles. The van der Waals surface area contributed by atoms with Gasteiger partial charge in [-0.1, -0.05) is 6.92 Å². The van der Waals surface area contributed by atoms with E-state index in [1.165, 1.54) is 7.11 Å². The minimum absolute atomic E-state index is 0.224. The lowest BCUT2D eigenvalue weighted by Gasteiger charge is -2.11. The fourth-order valence-electron chi connectivity index (χ4n) is 2.40. The average molecular weight is 267 g/mol. The van der Waals surface area contributed by atoms with Crippen molar-refractivity contribution in [2.75, 3.05) is 26.1 Å². The Morgan fingerprint density at radius 3 is 3.00 bits per heavy atom. The first-order chi connectivity index (χ1) is 9.17. The number of aryl methyl sites for hydroxylation is 1. The number of aromatic nitrogens is 2. The van der Waals surface area contributed by atoms with E-state index >= 15 is 0 Å². The van der Waals surface area contributed by atoms with Gasteiger partial charge in [-0.05, 0) is 18.8 Å². The van der Waals surface area contributed by atoms with Crippen LogP contribution in [-0.2, 0) is 22.4 Å². The zero-order chi connectivity index (χ0) is 13.8. The lowest BCUT2D eigenvalue weighted by Crippen LogP contribution is -2.12. The number of imidazole rings is 1. The summed E-state index contributed by atoms with van der Waals surface area (Å²) in [5.74, 6) is 1.34. The number of nitrogens with two attached hydrogens (primary N) is 1. The number of hydrogen-bond donors (Lipinski definition) is 1. The van der Waals surface area contributed by atoms with Gasteiger partial charge in [-0.2, -0.15) is 0 Å². The number of rotatable bonds is 5.